The van der Waals surface area contributed by atoms with E-state index in [9.17, 15) is 0 Å². The average Bonchev–Trinajstić information content (AvgIpc) is 2.58. The van der Waals surface area contributed by atoms with Crippen LogP contribution in [0.3, 0.4) is 0 Å². The van der Waals surface area contributed by atoms with Crippen LogP contribution in [-0.4, -0.2) is 20.2 Å². The van der Waals surface area contributed by atoms with Gasteiger partial charge in [-0.15, -0.1) is 0 Å². The lowest BCUT2D eigenvalue weighted by Crippen LogP contribution is -2.07. The van der Waals surface area contributed by atoms with E-state index in [1.54, 1.807) is 0 Å². The number of hydrogen-bond acceptors (Lipinski definition) is 2. The van der Waals surface area contributed by atoms with E-state index < -0.39 is 0 Å². The van der Waals surface area contributed by atoms with Gasteiger partial charge in [-0.3, -0.25) is 5.32 Å². The van der Waals surface area contributed by atoms with Crippen LogP contribution in [-0.2, 0) is 6.42 Å². The number of aromatic nitrogens is 2. The van der Waals surface area contributed by atoms with Gasteiger partial charge in [-0.05, 0) is 36.3 Å². The molecule has 2 aromatic rings. The minimum absolute atomic E-state index is 0.284. The molecule has 0 bridgehead atoms. The number of H-pyrrole nitrogens is 1. The molecule has 2 rings (SSSR count). The third kappa shape index (κ3) is 2.30. The van der Waals surface area contributed by atoms with Crippen LogP contribution in [0.1, 0.15) is 18.9 Å². The van der Waals surface area contributed by atoms with Gasteiger partial charge >= 0.3 is 0 Å². The number of aryl methyl sites for hydroxylation is 1. The Kier molecular flexibility index (Phi) is 3.05. The van der Waals surface area contributed by atoms with Gasteiger partial charge in [0.15, 0.2) is 0 Å². The smallest absolute Gasteiger partial charge is 0.261 e. The molecule has 0 unspecified atom stereocenters. The second-order valence-electron chi connectivity index (χ2n) is 3.62. The van der Waals surface area contributed by atoms with Gasteiger partial charge in [0.1, 0.15) is 0 Å². The number of aliphatic hydroxyl groups is 1. The first-order valence-corrected chi connectivity index (χ1v) is 5.58. The second-order valence-corrected chi connectivity index (χ2v) is 4.00. The number of nitrogens with zero attached hydrogens (tertiary/aromatic N) is 1. The Hall–Kier alpha value is -1.62. The molecule has 4 nitrogen and oxygen atoms in total. The highest BCUT2D eigenvalue weighted by Gasteiger charge is 2.04. The minimum atomic E-state index is -0.284. The van der Waals surface area contributed by atoms with Gasteiger partial charge in [0.05, 0.1) is 11.0 Å². The quantitative estimate of drug-likeness (QED) is 0.716. The Morgan fingerprint density at radius 2 is 2.38 bits per heavy atom. The molecule has 1 aromatic carbocycles. The normalized spacial score (nSPS) is 10.6. The summed E-state index contributed by atoms with van der Waals surface area (Å²) in [5, 5.41) is 11.2. The fourth-order valence-electron chi connectivity index (χ4n) is 1.66. The number of benzene rings is 1. The molecule has 1 aromatic heterocycles. The fraction of sp³-hybridized carbons (Fsp3) is 0.273. The summed E-state index contributed by atoms with van der Waals surface area (Å²) in [6.07, 6.45) is 2.17. The van der Waals surface area contributed by atoms with Gasteiger partial charge < -0.3 is 10.1 Å². The van der Waals surface area contributed by atoms with Gasteiger partial charge in [-0.25, -0.2) is 4.98 Å². The van der Waals surface area contributed by atoms with Crippen LogP contribution in [0, 0.1) is 0 Å². The van der Waals surface area contributed by atoms with E-state index in [1.807, 2.05) is 6.07 Å². The first kappa shape index (κ1) is 10.9. The summed E-state index contributed by atoms with van der Waals surface area (Å²) < 4.78 is 0. The third-order valence-corrected chi connectivity index (χ3v) is 2.41. The first-order valence-electron chi connectivity index (χ1n) is 5.17. The molecule has 0 fully saturated rings. The molecule has 0 aliphatic rings. The number of rotatable bonds is 3. The molecule has 0 aliphatic carbocycles. The Labute approximate surface area is 98.7 Å². The zero-order chi connectivity index (χ0) is 11.5. The number of aromatic amines is 1. The van der Waals surface area contributed by atoms with Crippen molar-refractivity contribution in [3.63, 3.8) is 0 Å². The van der Waals surface area contributed by atoms with Crippen molar-refractivity contribution in [3.8, 4) is 0 Å². The SMILES string of the molecule is CCCc1ccc2nc(NC(O)=S)[nH]c2c1. The predicted octanol–water partition coefficient (Wildman–Crippen LogP) is 2.77. The molecule has 5 heteroatoms. The first-order chi connectivity index (χ1) is 7.69. The van der Waals surface area contributed by atoms with Crippen molar-refractivity contribution in [2.75, 3.05) is 5.32 Å². The Morgan fingerprint density at radius 1 is 1.56 bits per heavy atom. The van der Waals surface area contributed by atoms with E-state index in [4.69, 9.17) is 5.11 Å². The molecule has 16 heavy (non-hydrogen) atoms. The van der Waals surface area contributed by atoms with Crippen molar-refractivity contribution < 1.29 is 5.11 Å². The zero-order valence-electron chi connectivity index (χ0n) is 8.95. The lowest BCUT2D eigenvalue weighted by atomic mass is 10.1. The monoisotopic (exact) mass is 235 g/mol. The number of aliphatic hydroxyl groups excluding tert-OH is 1. The standard InChI is InChI=1S/C11H13N3OS/c1-2-3-7-4-5-8-9(6-7)13-10(12-8)14-11(15)16/h4-6H,2-3H2,1H3,(H3,12,13,14,15,16). The van der Waals surface area contributed by atoms with E-state index in [-0.39, 0.29) is 5.17 Å². The van der Waals surface area contributed by atoms with Crippen molar-refractivity contribution in [2.24, 2.45) is 0 Å². The predicted molar refractivity (Wildman–Crippen MR) is 68.9 cm³/mol. The largest absolute Gasteiger partial charge is 0.486 e. The van der Waals surface area contributed by atoms with E-state index in [2.05, 4.69) is 46.6 Å². The fourth-order valence-corrected chi connectivity index (χ4v) is 1.76. The number of nitrogens with one attached hydrogen (secondary N) is 2. The highest BCUT2D eigenvalue weighted by atomic mass is 32.1. The Balaban J connectivity index is 2.34. The van der Waals surface area contributed by atoms with E-state index >= 15 is 0 Å². The summed E-state index contributed by atoms with van der Waals surface area (Å²) in [5.41, 5.74) is 3.08. The van der Waals surface area contributed by atoms with Crippen molar-refractivity contribution in [3.05, 3.63) is 23.8 Å². The van der Waals surface area contributed by atoms with Crippen LogP contribution in [0.15, 0.2) is 18.2 Å². The maximum atomic E-state index is 8.93. The molecule has 0 aliphatic heterocycles. The van der Waals surface area contributed by atoms with Crippen LogP contribution < -0.4 is 5.32 Å². The van der Waals surface area contributed by atoms with Crippen LogP contribution in [0.25, 0.3) is 11.0 Å². The molecule has 0 amide bonds. The average molecular weight is 235 g/mol. The maximum Gasteiger partial charge on any atom is 0.261 e. The van der Waals surface area contributed by atoms with Crippen molar-refractivity contribution in [1.82, 2.24) is 9.97 Å². The Morgan fingerprint density at radius 3 is 3.06 bits per heavy atom. The number of imidazole rings is 1. The summed E-state index contributed by atoms with van der Waals surface area (Å²) in [6, 6.07) is 6.09. The lowest BCUT2D eigenvalue weighted by Gasteiger charge is -1.96. The second kappa shape index (κ2) is 4.49. The molecular weight excluding hydrogens is 222 g/mol. The van der Waals surface area contributed by atoms with Crippen molar-refractivity contribution in [2.45, 2.75) is 19.8 Å². The number of hydrogen-bond donors (Lipinski definition) is 3. The molecule has 0 atom stereocenters. The summed E-state index contributed by atoms with van der Waals surface area (Å²) >= 11 is 4.53. The minimum Gasteiger partial charge on any atom is -0.486 e. The van der Waals surface area contributed by atoms with Crippen LogP contribution in [0.4, 0.5) is 5.95 Å². The molecule has 0 spiro atoms. The van der Waals surface area contributed by atoms with E-state index in [1.165, 1.54) is 5.56 Å². The third-order valence-electron chi connectivity index (χ3n) is 2.31. The number of fused-ring (bicyclic) bond motifs is 1. The summed E-state index contributed by atoms with van der Waals surface area (Å²) in [5.74, 6) is 0.469. The van der Waals surface area contributed by atoms with Gasteiger partial charge in [0.25, 0.3) is 5.17 Å². The summed E-state index contributed by atoms with van der Waals surface area (Å²) in [4.78, 5) is 7.30. The molecule has 1 heterocycles. The molecule has 0 radical (unpaired) electrons. The van der Waals surface area contributed by atoms with Gasteiger partial charge in [-0.2, -0.15) is 0 Å². The van der Waals surface area contributed by atoms with Crippen LogP contribution in [0.2, 0.25) is 0 Å². The number of anilines is 1. The van der Waals surface area contributed by atoms with E-state index in [0.717, 1.165) is 23.9 Å². The summed E-state index contributed by atoms with van der Waals surface area (Å²) in [6.45, 7) is 2.15. The molecule has 3 N–H and O–H groups in total. The van der Waals surface area contributed by atoms with Crippen LogP contribution >= 0.6 is 12.2 Å². The van der Waals surface area contributed by atoms with Crippen molar-refractivity contribution in [1.29, 1.82) is 0 Å². The van der Waals surface area contributed by atoms with Gasteiger partial charge in [0, 0.05) is 0 Å². The van der Waals surface area contributed by atoms with E-state index in [0.29, 0.717) is 5.95 Å². The van der Waals surface area contributed by atoms with Gasteiger partial charge in [-0.1, -0.05) is 19.4 Å². The van der Waals surface area contributed by atoms with Crippen LogP contribution in [0.5, 0.6) is 0 Å². The topological polar surface area (TPSA) is 60.9 Å². The highest BCUT2D eigenvalue weighted by molar-refractivity contribution is 7.80. The molecule has 0 saturated heterocycles. The lowest BCUT2D eigenvalue weighted by molar-refractivity contribution is 0.566. The molecule has 84 valence electrons. The Bertz CT molecular complexity index is 521. The van der Waals surface area contributed by atoms with Crippen molar-refractivity contribution >= 4 is 34.4 Å². The highest BCUT2D eigenvalue weighted by Crippen LogP contribution is 2.16. The summed E-state index contributed by atoms with van der Waals surface area (Å²) in [7, 11) is 0. The molecular formula is C11H13N3OS. The molecule has 0 saturated carbocycles. The number of thiocarbonyl (C=S) groups is 1. The van der Waals surface area contributed by atoms with Gasteiger partial charge in [0.2, 0.25) is 5.95 Å². The zero-order valence-corrected chi connectivity index (χ0v) is 9.77. The maximum absolute atomic E-state index is 8.93.